The highest BCUT2D eigenvalue weighted by Crippen LogP contribution is 2.29. The van der Waals surface area contributed by atoms with Crippen molar-refractivity contribution in [1.29, 1.82) is 0 Å². The maximum Gasteiger partial charge on any atom is 0.262 e. The van der Waals surface area contributed by atoms with Gasteiger partial charge < -0.3 is 15.5 Å². The Labute approximate surface area is 191 Å². The molecule has 1 fully saturated rings. The number of amidine groups is 1. The van der Waals surface area contributed by atoms with Crippen molar-refractivity contribution in [1.82, 2.24) is 10.2 Å². The summed E-state index contributed by atoms with van der Waals surface area (Å²) in [6.07, 6.45) is 2.29. The Morgan fingerprint density at radius 3 is 2.47 bits per heavy atom. The zero-order chi connectivity index (χ0) is 22.5. The van der Waals surface area contributed by atoms with Crippen molar-refractivity contribution < 1.29 is 14.4 Å². The van der Waals surface area contributed by atoms with Crippen LogP contribution in [0.3, 0.4) is 0 Å². The molecular formula is C24H26N4O3S. The number of rotatable bonds is 6. The summed E-state index contributed by atoms with van der Waals surface area (Å²) < 4.78 is 0. The SMILES string of the molecule is C[C@H](NC(=O)c1ccc(NC(=O)C[C@@H]2SC(N3CCCC3)=NC2=O)cc1)c1ccccc1. The van der Waals surface area contributed by atoms with E-state index in [1.54, 1.807) is 24.3 Å². The first-order valence-corrected chi connectivity index (χ1v) is 11.7. The van der Waals surface area contributed by atoms with Crippen LogP contribution in [0.4, 0.5) is 5.69 Å². The van der Waals surface area contributed by atoms with Crippen LogP contribution in [0.15, 0.2) is 59.6 Å². The van der Waals surface area contributed by atoms with Gasteiger partial charge >= 0.3 is 0 Å². The molecule has 1 saturated heterocycles. The molecular weight excluding hydrogens is 424 g/mol. The minimum atomic E-state index is -0.477. The van der Waals surface area contributed by atoms with Gasteiger partial charge in [-0.15, -0.1) is 0 Å². The topological polar surface area (TPSA) is 90.9 Å². The maximum atomic E-state index is 12.5. The summed E-state index contributed by atoms with van der Waals surface area (Å²) in [6.45, 7) is 3.77. The number of aliphatic imine (C=N–C) groups is 1. The van der Waals surface area contributed by atoms with E-state index in [9.17, 15) is 14.4 Å². The van der Waals surface area contributed by atoms with Crippen molar-refractivity contribution in [2.24, 2.45) is 4.99 Å². The van der Waals surface area contributed by atoms with Gasteiger partial charge in [-0.2, -0.15) is 4.99 Å². The minimum Gasteiger partial charge on any atom is -0.351 e. The fourth-order valence-corrected chi connectivity index (χ4v) is 4.86. The summed E-state index contributed by atoms with van der Waals surface area (Å²) in [5, 5.41) is 6.04. The number of likely N-dealkylation sites (tertiary alicyclic amines) is 1. The van der Waals surface area contributed by atoms with Crippen molar-refractivity contribution in [3.63, 3.8) is 0 Å². The first-order valence-electron chi connectivity index (χ1n) is 10.8. The number of carbonyl (C=O) groups excluding carboxylic acids is 3. The number of amides is 3. The Kier molecular flexibility index (Phi) is 6.90. The Bertz CT molecular complexity index is 1020. The zero-order valence-electron chi connectivity index (χ0n) is 17.9. The van der Waals surface area contributed by atoms with Gasteiger partial charge in [-0.3, -0.25) is 14.4 Å². The van der Waals surface area contributed by atoms with Crippen LogP contribution in [0.25, 0.3) is 0 Å². The van der Waals surface area contributed by atoms with Crippen molar-refractivity contribution >= 4 is 40.3 Å². The van der Waals surface area contributed by atoms with Crippen LogP contribution >= 0.6 is 11.8 Å². The smallest absolute Gasteiger partial charge is 0.262 e. The monoisotopic (exact) mass is 450 g/mol. The molecule has 0 saturated carbocycles. The van der Waals surface area contributed by atoms with Gasteiger partial charge in [0.25, 0.3) is 11.8 Å². The molecule has 2 aromatic rings. The molecule has 2 aromatic carbocycles. The fourth-order valence-electron chi connectivity index (χ4n) is 3.74. The highest BCUT2D eigenvalue weighted by atomic mass is 32.2. The summed E-state index contributed by atoms with van der Waals surface area (Å²) in [5.41, 5.74) is 2.12. The van der Waals surface area contributed by atoms with Crippen LogP contribution in [0.5, 0.6) is 0 Å². The standard InChI is InChI=1S/C24H26N4O3S/c1-16(17-7-3-2-4-8-17)25-22(30)18-9-11-19(12-10-18)26-21(29)15-20-23(31)27-24(32-20)28-13-5-6-14-28/h2-4,7-12,16,20H,5-6,13-15H2,1H3,(H,25,30)(H,26,29)/t16-,20-/m0/s1. The van der Waals surface area contributed by atoms with Gasteiger partial charge in [0.05, 0.1) is 6.04 Å². The summed E-state index contributed by atoms with van der Waals surface area (Å²) in [5.74, 6) is -0.672. The van der Waals surface area contributed by atoms with Crippen LogP contribution < -0.4 is 10.6 Å². The lowest BCUT2D eigenvalue weighted by atomic mass is 10.1. The number of benzene rings is 2. The predicted molar refractivity (Wildman–Crippen MR) is 127 cm³/mol. The zero-order valence-corrected chi connectivity index (χ0v) is 18.7. The van der Waals surface area contributed by atoms with E-state index in [4.69, 9.17) is 0 Å². The second-order valence-corrected chi connectivity index (χ2v) is 9.14. The third-order valence-corrected chi connectivity index (χ3v) is 6.77. The number of thioether (sulfide) groups is 1. The molecule has 2 aliphatic rings. The summed E-state index contributed by atoms with van der Waals surface area (Å²) in [7, 11) is 0. The molecule has 0 bridgehead atoms. The van der Waals surface area contributed by atoms with Crippen LogP contribution in [0, 0.1) is 0 Å². The van der Waals surface area contributed by atoms with Crippen LogP contribution in [0.2, 0.25) is 0 Å². The van der Waals surface area contributed by atoms with Crippen molar-refractivity contribution in [3.8, 4) is 0 Å². The molecule has 0 unspecified atom stereocenters. The number of nitrogens with zero attached hydrogens (tertiary/aromatic N) is 2. The molecule has 166 valence electrons. The Morgan fingerprint density at radius 1 is 1.09 bits per heavy atom. The summed E-state index contributed by atoms with van der Waals surface area (Å²) >= 11 is 1.38. The normalized spacial score (nSPS) is 18.9. The average molecular weight is 451 g/mol. The molecule has 2 atom stereocenters. The number of carbonyl (C=O) groups is 3. The van der Waals surface area contributed by atoms with Gasteiger partial charge in [-0.05, 0) is 49.6 Å². The van der Waals surface area contributed by atoms with Gasteiger partial charge in [-0.1, -0.05) is 42.1 Å². The Hall–Kier alpha value is -3.13. The third-order valence-electron chi connectivity index (χ3n) is 5.55. The van der Waals surface area contributed by atoms with Gasteiger partial charge in [0.15, 0.2) is 5.17 Å². The molecule has 2 N–H and O–H groups in total. The van der Waals surface area contributed by atoms with Crippen molar-refractivity contribution in [2.45, 2.75) is 37.5 Å². The molecule has 0 aromatic heterocycles. The lowest BCUT2D eigenvalue weighted by Crippen LogP contribution is -2.26. The fraction of sp³-hybridized carbons (Fsp3) is 0.333. The third kappa shape index (κ3) is 5.37. The Morgan fingerprint density at radius 2 is 1.78 bits per heavy atom. The van der Waals surface area contributed by atoms with Gasteiger partial charge in [0.1, 0.15) is 5.25 Å². The second-order valence-electron chi connectivity index (χ2n) is 7.97. The molecule has 2 heterocycles. The molecule has 0 spiro atoms. The van der Waals surface area contributed by atoms with E-state index in [1.165, 1.54) is 11.8 Å². The number of hydrogen-bond donors (Lipinski definition) is 2. The summed E-state index contributed by atoms with van der Waals surface area (Å²) in [6, 6.07) is 16.4. The van der Waals surface area contributed by atoms with E-state index in [2.05, 4.69) is 20.5 Å². The van der Waals surface area contributed by atoms with Crippen molar-refractivity contribution in [2.75, 3.05) is 18.4 Å². The lowest BCUT2D eigenvalue weighted by molar-refractivity contribution is -0.121. The van der Waals surface area contributed by atoms with Gasteiger partial charge in [0.2, 0.25) is 5.91 Å². The highest BCUT2D eigenvalue weighted by Gasteiger charge is 2.33. The lowest BCUT2D eigenvalue weighted by Gasteiger charge is -2.16. The maximum absolute atomic E-state index is 12.5. The first kappa shape index (κ1) is 22.1. The molecule has 3 amide bonds. The number of nitrogens with one attached hydrogen (secondary N) is 2. The van der Waals surface area contributed by atoms with E-state index >= 15 is 0 Å². The summed E-state index contributed by atoms with van der Waals surface area (Å²) in [4.78, 5) is 43.4. The van der Waals surface area contributed by atoms with Crippen LogP contribution in [-0.4, -0.2) is 46.1 Å². The molecule has 2 aliphatic heterocycles. The molecule has 0 radical (unpaired) electrons. The van der Waals surface area contributed by atoms with E-state index in [0.29, 0.717) is 11.3 Å². The molecule has 32 heavy (non-hydrogen) atoms. The predicted octanol–water partition coefficient (Wildman–Crippen LogP) is 3.60. The minimum absolute atomic E-state index is 0.0706. The first-order chi connectivity index (χ1) is 15.5. The molecule has 4 rings (SSSR count). The van der Waals surface area contributed by atoms with Crippen molar-refractivity contribution in [3.05, 3.63) is 65.7 Å². The van der Waals surface area contributed by atoms with Gasteiger partial charge in [-0.25, -0.2) is 0 Å². The largest absolute Gasteiger partial charge is 0.351 e. The quantitative estimate of drug-likeness (QED) is 0.702. The molecule has 8 heteroatoms. The number of anilines is 1. The van der Waals surface area contributed by atoms with E-state index in [1.807, 2.05) is 37.3 Å². The Balaban J connectivity index is 1.27. The van der Waals surface area contributed by atoms with E-state index < -0.39 is 5.25 Å². The second kappa shape index (κ2) is 9.99. The molecule has 0 aliphatic carbocycles. The molecule has 7 nitrogen and oxygen atoms in total. The van der Waals surface area contributed by atoms with Gasteiger partial charge in [0, 0.05) is 30.8 Å². The van der Waals surface area contributed by atoms with E-state index in [0.717, 1.165) is 36.7 Å². The van der Waals surface area contributed by atoms with E-state index in [-0.39, 0.29) is 30.2 Å². The number of hydrogen-bond acceptors (Lipinski definition) is 5. The van der Waals surface area contributed by atoms with Crippen LogP contribution in [0.1, 0.15) is 48.1 Å². The highest BCUT2D eigenvalue weighted by molar-refractivity contribution is 8.15. The average Bonchev–Trinajstić information content (AvgIpc) is 3.45. The van der Waals surface area contributed by atoms with Crippen LogP contribution in [-0.2, 0) is 9.59 Å².